The van der Waals surface area contributed by atoms with Gasteiger partial charge in [-0.05, 0) is 87.6 Å². The molecular formula is C26H46N2O7. The van der Waals surface area contributed by atoms with Crippen LogP contribution in [0.15, 0.2) is 5.16 Å². The fourth-order valence-corrected chi connectivity index (χ4v) is 7.00. The highest BCUT2D eigenvalue weighted by Crippen LogP contribution is 2.62. The molecule has 3 saturated carbocycles. The number of hydrogen-bond acceptors (Lipinski definition) is 7. The average Bonchev–Trinajstić information content (AvgIpc) is 2.77. The number of hydrogen-bond donors (Lipinski definition) is 4. The Morgan fingerprint density at radius 2 is 1.77 bits per heavy atom. The number of carboxylic acids is 2. The number of carboxylic acid groups (broad SMARTS) is 2. The van der Waals surface area contributed by atoms with Gasteiger partial charge in [0.05, 0.1) is 12.2 Å². The van der Waals surface area contributed by atoms with E-state index in [2.05, 4.69) is 30.8 Å². The average molecular weight is 499 g/mol. The Balaban J connectivity index is 0.000000641. The maximum Gasteiger partial charge on any atom is 0.414 e. The minimum atomic E-state index is -1.82. The summed E-state index contributed by atoms with van der Waals surface area (Å²) in [7, 11) is 4.03. The fraction of sp³-hybridized carbons (Fsp3) is 0.885. The SMILES string of the molecule is CCC[C@@]1(C)CC[C@H]2[C@@H](CC[C@@H]3C[C@@H](O)C(/C=N/OCCN(C)C)C[C@@]32C)[C@@H]1O.O=C(O)C(=O)O. The van der Waals surface area contributed by atoms with Crippen LogP contribution in [0.1, 0.15) is 72.1 Å². The van der Waals surface area contributed by atoms with Crippen molar-refractivity contribution < 1.29 is 34.9 Å². The summed E-state index contributed by atoms with van der Waals surface area (Å²) in [5.74, 6) is -2.08. The molecule has 202 valence electrons. The Morgan fingerprint density at radius 1 is 1.11 bits per heavy atom. The number of rotatable bonds is 7. The zero-order valence-electron chi connectivity index (χ0n) is 22.0. The predicted molar refractivity (Wildman–Crippen MR) is 133 cm³/mol. The number of carbonyl (C=O) groups is 2. The number of likely N-dealkylation sites (N-methyl/N-ethyl adjacent to an activating group) is 1. The summed E-state index contributed by atoms with van der Waals surface area (Å²) in [4.78, 5) is 25.7. The van der Waals surface area contributed by atoms with Crippen molar-refractivity contribution in [3.05, 3.63) is 0 Å². The van der Waals surface area contributed by atoms with Crippen molar-refractivity contribution >= 4 is 18.2 Å². The molecule has 3 aliphatic carbocycles. The highest BCUT2D eigenvalue weighted by Gasteiger charge is 2.57. The summed E-state index contributed by atoms with van der Waals surface area (Å²) in [6.45, 7) is 8.37. The van der Waals surface area contributed by atoms with Gasteiger partial charge in [0.1, 0.15) is 6.61 Å². The van der Waals surface area contributed by atoms with E-state index in [1.54, 1.807) is 0 Å². The maximum absolute atomic E-state index is 11.3. The number of fused-ring (bicyclic) bond motifs is 3. The topological polar surface area (TPSA) is 140 Å². The predicted octanol–water partition coefficient (Wildman–Crippen LogP) is 3.09. The van der Waals surface area contributed by atoms with Crippen molar-refractivity contribution in [1.29, 1.82) is 0 Å². The van der Waals surface area contributed by atoms with Crippen LogP contribution in [0.5, 0.6) is 0 Å². The van der Waals surface area contributed by atoms with Crippen molar-refractivity contribution in [3.63, 3.8) is 0 Å². The number of nitrogens with zero attached hydrogens (tertiary/aromatic N) is 2. The maximum atomic E-state index is 11.3. The second-order valence-electron chi connectivity index (χ2n) is 11.6. The Hall–Kier alpha value is -1.71. The molecule has 3 aliphatic rings. The van der Waals surface area contributed by atoms with E-state index in [1.807, 2.05) is 20.3 Å². The van der Waals surface area contributed by atoms with Crippen LogP contribution < -0.4 is 0 Å². The molecule has 0 radical (unpaired) electrons. The van der Waals surface area contributed by atoms with Crippen LogP contribution in [0.4, 0.5) is 0 Å². The van der Waals surface area contributed by atoms with Crippen LogP contribution in [-0.4, -0.2) is 82.9 Å². The van der Waals surface area contributed by atoms with E-state index in [0.29, 0.717) is 24.4 Å². The monoisotopic (exact) mass is 498 g/mol. The third-order valence-corrected chi connectivity index (χ3v) is 8.95. The molecule has 3 fully saturated rings. The van der Waals surface area contributed by atoms with Crippen molar-refractivity contribution in [2.24, 2.45) is 39.7 Å². The van der Waals surface area contributed by atoms with Gasteiger partial charge in [0.2, 0.25) is 0 Å². The first-order chi connectivity index (χ1) is 16.4. The molecule has 0 heterocycles. The molecule has 0 aromatic heterocycles. The number of aliphatic hydroxyl groups excluding tert-OH is 2. The zero-order valence-corrected chi connectivity index (χ0v) is 22.0. The first kappa shape index (κ1) is 29.5. The molecule has 0 amide bonds. The number of aliphatic hydroxyl groups is 2. The van der Waals surface area contributed by atoms with Gasteiger partial charge in [-0.15, -0.1) is 0 Å². The number of oxime groups is 1. The second-order valence-corrected chi connectivity index (χ2v) is 11.6. The molecule has 0 bridgehead atoms. The minimum absolute atomic E-state index is 0.0513. The zero-order chi connectivity index (χ0) is 26.4. The van der Waals surface area contributed by atoms with Gasteiger partial charge in [0, 0.05) is 18.7 Å². The standard InChI is InChI=1S/C24H44N2O3.C2H2O4/c1-6-10-23(2)11-9-20-19(22(23)28)8-7-18-14-21(27)17(15-24(18,20)3)16-25-29-13-12-26(4)5;3-1(4)2(5)6/h16-22,27-28H,6-15H2,1-5H3;(H,3,4)(H,5,6)/b25-16+;/t17?,18-,19-,20+,21-,22+,23+,24+;/m1./s1. The third kappa shape index (κ3) is 7.17. The van der Waals surface area contributed by atoms with E-state index in [1.165, 1.54) is 6.42 Å². The largest absolute Gasteiger partial charge is 0.473 e. The van der Waals surface area contributed by atoms with Gasteiger partial charge in [-0.3, -0.25) is 0 Å². The molecular weight excluding hydrogens is 452 g/mol. The van der Waals surface area contributed by atoms with E-state index < -0.39 is 11.9 Å². The summed E-state index contributed by atoms with van der Waals surface area (Å²) >= 11 is 0. The van der Waals surface area contributed by atoms with Crippen LogP contribution in [0.2, 0.25) is 0 Å². The molecule has 0 aliphatic heterocycles. The van der Waals surface area contributed by atoms with E-state index in [0.717, 1.165) is 51.5 Å². The molecule has 0 aromatic carbocycles. The minimum Gasteiger partial charge on any atom is -0.473 e. The highest BCUT2D eigenvalue weighted by molar-refractivity contribution is 6.27. The lowest BCUT2D eigenvalue weighted by molar-refractivity contribution is -0.162. The quantitative estimate of drug-likeness (QED) is 0.182. The van der Waals surface area contributed by atoms with E-state index in [9.17, 15) is 10.2 Å². The van der Waals surface area contributed by atoms with Crippen LogP contribution >= 0.6 is 0 Å². The Kier molecular flexibility index (Phi) is 10.5. The summed E-state index contributed by atoms with van der Waals surface area (Å²) in [6, 6.07) is 0. The van der Waals surface area contributed by atoms with Crippen molar-refractivity contribution in [3.8, 4) is 0 Å². The molecule has 4 N–H and O–H groups in total. The van der Waals surface area contributed by atoms with Gasteiger partial charge >= 0.3 is 11.9 Å². The van der Waals surface area contributed by atoms with Crippen LogP contribution in [0.3, 0.4) is 0 Å². The smallest absolute Gasteiger partial charge is 0.414 e. The molecule has 0 spiro atoms. The van der Waals surface area contributed by atoms with Gasteiger partial charge in [-0.1, -0.05) is 32.3 Å². The van der Waals surface area contributed by atoms with Crippen molar-refractivity contribution in [2.45, 2.75) is 84.3 Å². The normalized spacial score (nSPS) is 38.7. The van der Waals surface area contributed by atoms with E-state index >= 15 is 0 Å². The van der Waals surface area contributed by atoms with Gasteiger partial charge < -0.3 is 30.2 Å². The summed E-state index contributed by atoms with van der Waals surface area (Å²) in [5.41, 5.74) is 0.255. The lowest BCUT2D eigenvalue weighted by Crippen LogP contribution is -2.57. The van der Waals surface area contributed by atoms with Gasteiger partial charge in [-0.2, -0.15) is 0 Å². The molecule has 0 aromatic rings. The molecule has 8 atom stereocenters. The molecule has 1 unspecified atom stereocenters. The molecule has 9 nitrogen and oxygen atoms in total. The lowest BCUT2D eigenvalue weighted by Gasteiger charge is -2.61. The van der Waals surface area contributed by atoms with Crippen molar-refractivity contribution in [2.75, 3.05) is 27.2 Å². The van der Waals surface area contributed by atoms with E-state index in [4.69, 9.17) is 24.6 Å². The fourth-order valence-electron chi connectivity index (χ4n) is 7.00. The van der Waals surface area contributed by atoms with E-state index in [-0.39, 0.29) is 29.0 Å². The Morgan fingerprint density at radius 3 is 2.34 bits per heavy atom. The summed E-state index contributed by atoms with van der Waals surface area (Å²) in [6.07, 6.45) is 10.0. The van der Waals surface area contributed by atoms with Crippen LogP contribution in [-0.2, 0) is 14.4 Å². The van der Waals surface area contributed by atoms with Gasteiger partial charge in [0.15, 0.2) is 0 Å². The summed E-state index contributed by atoms with van der Waals surface area (Å²) in [5, 5.41) is 41.1. The third-order valence-electron chi connectivity index (χ3n) is 8.95. The van der Waals surface area contributed by atoms with Crippen LogP contribution in [0, 0.1) is 34.5 Å². The highest BCUT2D eigenvalue weighted by atomic mass is 16.6. The first-order valence-corrected chi connectivity index (χ1v) is 13.0. The molecule has 35 heavy (non-hydrogen) atoms. The lowest BCUT2D eigenvalue weighted by atomic mass is 9.45. The Bertz CT molecular complexity index is 733. The number of aliphatic carboxylic acids is 2. The van der Waals surface area contributed by atoms with Gasteiger partial charge in [0.25, 0.3) is 0 Å². The van der Waals surface area contributed by atoms with Crippen LogP contribution in [0.25, 0.3) is 0 Å². The first-order valence-electron chi connectivity index (χ1n) is 13.0. The van der Waals surface area contributed by atoms with Gasteiger partial charge in [-0.25, -0.2) is 9.59 Å². The molecule has 3 rings (SSSR count). The molecule has 0 saturated heterocycles. The second kappa shape index (κ2) is 12.5. The van der Waals surface area contributed by atoms with Crippen molar-refractivity contribution in [1.82, 2.24) is 4.90 Å². The molecule has 9 heteroatoms. The summed E-state index contributed by atoms with van der Waals surface area (Å²) < 4.78 is 0. The Labute approximate surface area is 209 Å².